The summed E-state index contributed by atoms with van der Waals surface area (Å²) in [6, 6.07) is 7.86. The number of methoxy groups -OCH3 is 2. The molecule has 0 saturated heterocycles. The third-order valence-corrected chi connectivity index (χ3v) is 3.24. The van der Waals surface area contributed by atoms with Gasteiger partial charge in [0.15, 0.2) is 0 Å². The second-order valence-electron chi connectivity index (χ2n) is 4.59. The summed E-state index contributed by atoms with van der Waals surface area (Å²) < 4.78 is 16.2. The molecular formula is C16H21NO3. The fourth-order valence-electron chi connectivity index (χ4n) is 2.29. The van der Waals surface area contributed by atoms with Crippen LogP contribution in [-0.2, 0) is 0 Å². The summed E-state index contributed by atoms with van der Waals surface area (Å²) in [5.74, 6) is 2.53. The summed E-state index contributed by atoms with van der Waals surface area (Å²) in [7, 11) is 3.34. The van der Waals surface area contributed by atoms with Gasteiger partial charge in [-0.05, 0) is 37.7 Å². The Bertz CT molecular complexity index is 563. The topological polar surface area (TPSA) is 43.6 Å². The van der Waals surface area contributed by atoms with Crippen LogP contribution in [0.2, 0.25) is 0 Å². The first kappa shape index (κ1) is 14.5. The first-order chi connectivity index (χ1) is 9.69. The van der Waals surface area contributed by atoms with E-state index in [1.165, 1.54) is 0 Å². The second kappa shape index (κ2) is 6.48. The molecular weight excluding hydrogens is 254 g/mol. The van der Waals surface area contributed by atoms with Crippen LogP contribution in [0.25, 0.3) is 0 Å². The molecule has 1 atom stereocenters. The molecule has 0 saturated carbocycles. The summed E-state index contributed by atoms with van der Waals surface area (Å²) in [5.41, 5.74) is 2.12. The number of nitrogens with one attached hydrogen (secondary N) is 1. The fraction of sp³-hybridized carbons (Fsp3) is 0.375. The molecule has 0 aliphatic carbocycles. The van der Waals surface area contributed by atoms with E-state index in [4.69, 9.17) is 13.9 Å². The van der Waals surface area contributed by atoms with E-state index in [9.17, 15) is 0 Å². The molecule has 1 N–H and O–H groups in total. The van der Waals surface area contributed by atoms with Gasteiger partial charge in [-0.15, -0.1) is 0 Å². The van der Waals surface area contributed by atoms with E-state index in [2.05, 4.69) is 12.2 Å². The average molecular weight is 275 g/mol. The third kappa shape index (κ3) is 2.96. The van der Waals surface area contributed by atoms with Gasteiger partial charge in [0, 0.05) is 11.1 Å². The van der Waals surface area contributed by atoms with E-state index in [0.29, 0.717) is 0 Å². The smallest absolute Gasteiger partial charge is 0.124 e. The van der Waals surface area contributed by atoms with E-state index < -0.39 is 0 Å². The first-order valence-corrected chi connectivity index (χ1v) is 6.70. The predicted molar refractivity (Wildman–Crippen MR) is 78.5 cm³/mol. The molecule has 1 unspecified atom stereocenters. The highest BCUT2D eigenvalue weighted by Crippen LogP contribution is 2.33. The van der Waals surface area contributed by atoms with Gasteiger partial charge in [-0.3, -0.25) is 0 Å². The Morgan fingerprint density at radius 2 is 2.00 bits per heavy atom. The van der Waals surface area contributed by atoms with Crippen LogP contribution in [0, 0.1) is 6.92 Å². The van der Waals surface area contributed by atoms with Crippen molar-refractivity contribution in [1.82, 2.24) is 5.32 Å². The van der Waals surface area contributed by atoms with E-state index in [0.717, 1.165) is 34.9 Å². The van der Waals surface area contributed by atoms with Crippen molar-refractivity contribution in [3.8, 4) is 11.5 Å². The third-order valence-electron chi connectivity index (χ3n) is 3.24. The molecule has 20 heavy (non-hydrogen) atoms. The molecule has 0 bridgehead atoms. The van der Waals surface area contributed by atoms with E-state index in [-0.39, 0.29) is 6.04 Å². The number of hydrogen-bond acceptors (Lipinski definition) is 4. The van der Waals surface area contributed by atoms with Gasteiger partial charge in [0.25, 0.3) is 0 Å². The van der Waals surface area contributed by atoms with Crippen molar-refractivity contribution < 1.29 is 13.9 Å². The van der Waals surface area contributed by atoms with Gasteiger partial charge in [0.05, 0.1) is 26.5 Å². The van der Waals surface area contributed by atoms with Gasteiger partial charge < -0.3 is 19.2 Å². The summed E-state index contributed by atoms with van der Waals surface area (Å²) in [6.45, 7) is 4.86. The number of rotatable bonds is 6. The maximum absolute atomic E-state index is 5.47. The molecule has 0 amide bonds. The second-order valence-corrected chi connectivity index (χ2v) is 4.59. The van der Waals surface area contributed by atoms with Crippen LogP contribution < -0.4 is 14.8 Å². The van der Waals surface area contributed by atoms with Crippen LogP contribution in [0.3, 0.4) is 0 Å². The highest BCUT2D eigenvalue weighted by Gasteiger charge is 2.20. The van der Waals surface area contributed by atoms with Gasteiger partial charge in [0.1, 0.15) is 17.3 Å². The summed E-state index contributed by atoms with van der Waals surface area (Å²) in [4.78, 5) is 0. The maximum Gasteiger partial charge on any atom is 0.124 e. The zero-order chi connectivity index (χ0) is 14.5. The highest BCUT2D eigenvalue weighted by atomic mass is 16.5. The van der Waals surface area contributed by atoms with Gasteiger partial charge in [-0.1, -0.05) is 6.92 Å². The van der Waals surface area contributed by atoms with E-state index >= 15 is 0 Å². The van der Waals surface area contributed by atoms with Crippen molar-refractivity contribution in [3.05, 3.63) is 47.4 Å². The molecule has 1 aromatic carbocycles. The standard InChI is InChI=1S/C16H21NO3/c1-5-17-16(12-8-11(2)20-10-12)14-9-13(18-3)6-7-15(14)19-4/h6-10,16-17H,5H2,1-4H3. The summed E-state index contributed by atoms with van der Waals surface area (Å²) in [6.07, 6.45) is 1.78. The number of hydrogen-bond donors (Lipinski definition) is 1. The van der Waals surface area contributed by atoms with Gasteiger partial charge in [-0.25, -0.2) is 0 Å². The van der Waals surface area contributed by atoms with E-state index in [1.807, 2.05) is 31.2 Å². The Labute approximate surface area is 119 Å². The van der Waals surface area contributed by atoms with Gasteiger partial charge in [0.2, 0.25) is 0 Å². The molecule has 4 nitrogen and oxygen atoms in total. The molecule has 1 aromatic heterocycles. The Morgan fingerprint density at radius 3 is 2.55 bits per heavy atom. The molecule has 4 heteroatoms. The Balaban J connectivity index is 2.47. The van der Waals surface area contributed by atoms with E-state index in [1.54, 1.807) is 20.5 Å². The lowest BCUT2D eigenvalue weighted by molar-refractivity contribution is 0.394. The molecule has 0 spiro atoms. The molecule has 108 valence electrons. The molecule has 0 radical (unpaired) electrons. The normalized spacial score (nSPS) is 12.2. The van der Waals surface area contributed by atoms with Crippen LogP contribution in [0.15, 0.2) is 34.9 Å². The zero-order valence-corrected chi connectivity index (χ0v) is 12.4. The number of ether oxygens (including phenoxy) is 2. The molecule has 0 aliphatic rings. The van der Waals surface area contributed by atoms with Crippen LogP contribution in [0.1, 0.15) is 29.9 Å². The number of benzene rings is 1. The first-order valence-electron chi connectivity index (χ1n) is 6.70. The largest absolute Gasteiger partial charge is 0.497 e. The van der Waals surface area contributed by atoms with Crippen molar-refractivity contribution in [2.45, 2.75) is 19.9 Å². The van der Waals surface area contributed by atoms with Crippen LogP contribution >= 0.6 is 0 Å². The lowest BCUT2D eigenvalue weighted by Gasteiger charge is -2.20. The Morgan fingerprint density at radius 1 is 1.20 bits per heavy atom. The van der Waals surface area contributed by atoms with Crippen LogP contribution in [-0.4, -0.2) is 20.8 Å². The quantitative estimate of drug-likeness (QED) is 0.878. The van der Waals surface area contributed by atoms with Crippen molar-refractivity contribution in [2.75, 3.05) is 20.8 Å². The van der Waals surface area contributed by atoms with Crippen LogP contribution in [0.4, 0.5) is 0 Å². The van der Waals surface area contributed by atoms with Gasteiger partial charge >= 0.3 is 0 Å². The predicted octanol–water partition coefficient (Wildman–Crippen LogP) is 3.30. The minimum atomic E-state index is 0.0162. The lowest BCUT2D eigenvalue weighted by Crippen LogP contribution is -2.22. The fourth-order valence-corrected chi connectivity index (χ4v) is 2.29. The molecule has 2 rings (SSSR count). The van der Waals surface area contributed by atoms with Crippen molar-refractivity contribution in [2.24, 2.45) is 0 Å². The zero-order valence-electron chi connectivity index (χ0n) is 12.4. The molecule has 2 aromatic rings. The Hall–Kier alpha value is -1.94. The minimum Gasteiger partial charge on any atom is -0.497 e. The Kier molecular flexibility index (Phi) is 4.69. The highest BCUT2D eigenvalue weighted by molar-refractivity contribution is 5.45. The monoisotopic (exact) mass is 275 g/mol. The summed E-state index contributed by atoms with van der Waals surface area (Å²) in [5, 5.41) is 3.46. The number of aryl methyl sites for hydroxylation is 1. The lowest BCUT2D eigenvalue weighted by atomic mass is 9.99. The minimum absolute atomic E-state index is 0.0162. The molecule has 0 fully saturated rings. The maximum atomic E-state index is 5.47. The van der Waals surface area contributed by atoms with Gasteiger partial charge in [-0.2, -0.15) is 0 Å². The van der Waals surface area contributed by atoms with Crippen LogP contribution in [0.5, 0.6) is 11.5 Å². The average Bonchev–Trinajstić information content (AvgIpc) is 2.90. The molecule has 0 aliphatic heterocycles. The van der Waals surface area contributed by atoms with Crippen molar-refractivity contribution in [3.63, 3.8) is 0 Å². The summed E-state index contributed by atoms with van der Waals surface area (Å²) >= 11 is 0. The SMILES string of the molecule is CCNC(c1coc(C)c1)c1cc(OC)ccc1OC. The van der Waals surface area contributed by atoms with Crippen molar-refractivity contribution >= 4 is 0 Å². The molecule has 1 heterocycles. The van der Waals surface area contributed by atoms with Crippen molar-refractivity contribution in [1.29, 1.82) is 0 Å². The number of furan rings is 1.